The van der Waals surface area contributed by atoms with Crippen molar-refractivity contribution >= 4 is 33.7 Å². The van der Waals surface area contributed by atoms with Crippen LogP contribution in [0.1, 0.15) is 25.7 Å². The summed E-state index contributed by atoms with van der Waals surface area (Å²) in [5, 5.41) is 4.00. The molecule has 1 amide bonds. The quantitative estimate of drug-likeness (QED) is 0.735. The smallest absolute Gasteiger partial charge is 0.220 e. The second kappa shape index (κ2) is 5.53. The Labute approximate surface area is 133 Å². The molecule has 1 aliphatic rings. The van der Waals surface area contributed by atoms with Crippen molar-refractivity contribution in [3.8, 4) is 0 Å². The van der Waals surface area contributed by atoms with E-state index in [2.05, 4.69) is 26.8 Å². The lowest BCUT2D eigenvalue weighted by Crippen LogP contribution is -2.25. The molecule has 4 rings (SSSR count). The number of imidazole rings is 1. The number of carbonyl (C=O) groups is 1. The molecule has 118 valence electrons. The van der Waals surface area contributed by atoms with Gasteiger partial charge in [0.15, 0.2) is 0 Å². The van der Waals surface area contributed by atoms with Crippen molar-refractivity contribution < 1.29 is 4.79 Å². The van der Waals surface area contributed by atoms with Gasteiger partial charge in [0.2, 0.25) is 5.91 Å². The Hall–Kier alpha value is -2.63. The lowest BCUT2D eigenvalue weighted by Gasteiger charge is -2.10. The van der Waals surface area contributed by atoms with E-state index in [1.807, 2.05) is 16.8 Å². The third kappa shape index (κ3) is 2.72. The molecular formula is C17H19N5O. The van der Waals surface area contributed by atoms with Gasteiger partial charge in [-0.1, -0.05) is 6.58 Å². The van der Waals surface area contributed by atoms with E-state index in [1.54, 1.807) is 12.5 Å². The molecule has 1 aliphatic carbocycles. The average molecular weight is 309 g/mol. The Morgan fingerprint density at radius 2 is 2.30 bits per heavy atom. The van der Waals surface area contributed by atoms with Crippen LogP contribution < -0.4 is 5.32 Å². The van der Waals surface area contributed by atoms with Crippen molar-refractivity contribution in [2.24, 2.45) is 5.92 Å². The van der Waals surface area contributed by atoms with Crippen LogP contribution in [0.4, 0.5) is 0 Å². The molecule has 0 aromatic carbocycles. The molecule has 0 bridgehead atoms. The first-order valence-corrected chi connectivity index (χ1v) is 7.96. The van der Waals surface area contributed by atoms with Crippen molar-refractivity contribution in [1.29, 1.82) is 0 Å². The number of nitrogens with one attached hydrogen (secondary N) is 2. The summed E-state index contributed by atoms with van der Waals surface area (Å²) in [4.78, 5) is 23.6. The van der Waals surface area contributed by atoms with Crippen molar-refractivity contribution in [3.63, 3.8) is 0 Å². The third-order valence-electron chi connectivity index (χ3n) is 4.34. The molecule has 2 N–H and O–H groups in total. The summed E-state index contributed by atoms with van der Waals surface area (Å²) < 4.78 is 1.99. The van der Waals surface area contributed by atoms with E-state index in [9.17, 15) is 4.79 Å². The average Bonchev–Trinajstić information content (AvgIpc) is 3.06. The highest BCUT2D eigenvalue weighted by Gasteiger charge is 2.24. The molecule has 0 unspecified atom stereocenters. The van der Waals surface area contributed by atoms with Gasteiger partial charge in [0.25, 0.3) is 0 Å². The Morgan fingerprint density at radius 3 is 3.13 bits per heavy atom. The summed E-state index contributed by atoms with van der Waals surface area (Å²) in [6.45, 7) is 4.75. The van der Waals surface area contributed by atoms with E-state index in [0.29, 0.717) is 25.3 Å². The fourth-order valence-corrected chi connectivity index (χ4v) is 2.87. The summed E-state index contributed by atoms with van der Waals surface area (Å²) in [7, 11) is 0. The Morgan fingerprint density at radius 1 is 1.43 bits per heavy atom. The Bertz CT molecular complexity index is 887. The molecule has 3 aromatic heterocycles. The van der Waals surface area contributed by atoms with Gasteiger partial charge < -0.3 is 14.9 Å². The highest BCUT2D eigenvalue weighted by atomic mass is 16.1. The molecule has 0 aliphatic heterocycles. The number of aromatic nitrogens is 4. The van der Waals surface area contributed by atoms with E-state index in [0.717, 1.165) is 27.8 Å². The number of H-pyrrole nitrogens is 1. The van der Waals surface area contributed by atoms with Crippen LogP contribution in [0.2, 0.25) is 0 Å². The largest absolute Gasteiger partial charge is 0.356 e. The maximum atomic E-state index is 11.7. The summed E-state index contributed by atoms with van der Waals surface area (Å²) in [6, 6.07) is 1.99. The van der Waals surface area contributed by atoms with E-state index < -0.39 is 0 Å². The van der Waals surface area contributed by atoms with Gasteiger partial charge in [0.1, 0.15) is 17.5 Å². The predicted molar refractivity (Wildman–Crippen MR) is 89.7 cm³/mol. The van der Waals surface area contributed by atoms with Crippen LogP contribution in [0.15, 0.2) is 31.4 Å². The standard InChI is InChI=1S/C17H19N5O/c1-11(4-6-18-15(23)8-12-2-3-12)22-10-21-14-9-20-17-13(16(14)22)5-7-19-17/h5,7,9-10,12H,1-4,6,8H2,(H,18,23)(H,19,20). The molecule has 0 atom stereocenters. The van der Waals surface area contributed by atoms with E-state index >= 15 is 0 Å². The number of rotatable bonds is 6. The molecular weight excluding hydrogens is 290 g/mol. The lowest BCUT2D eigenvalue weighted by molar-refractivity contribution is -0.121. The molecule has 0 radical (unpaired) electrons. The minimum Gasteiger partial charge on any atom is -0.356 e. The van der Waals surface area contributed by atoms with Gasteiger partial charge in [-0.3, -0.25) is 4.79 Å². The highest BCUT2D eigenvalue weighted by Crippen LogP contribution is 2.32. The zero-order valence-corrected chi connectivity index (χ0v) is 12.9. The number of hydrogen-bond acceptors (Lipinski definition) is 3. The van der Waals surface area contributed by atoms with Gasteiger partial charge in [-0.05, 0) is 24.8 Å². The maximum absolute atomic E-state index is 11.7. The van der Waals surface area contributed by atoms with Crippen LogP contribution in [0.5, 0.6) is 0 Å². The first kappa shape index (κ1) is 14.0. The first-order chi connectivity index (χ1) is 11.2. The zero-order valence-electron chi connectivity index (χ0n) is 12.9. The van der Waals surface area contributed by atoms with Crippen molar-refractivity contribution in [2.75, 3.05) is 6.54 Å². The van der Waals surface area contributed by atoms with E-state index in [4.69, 9.17) is 0 Å². The van der Waals surface area contributed by atoms with Crippen LogP contribution >= 0.6 is 0 Å². The minimum atomic E-state index is 0.146. The SMILES string of the molecule is C=C(CCNC(=O)CC1CC1)n1cnc2cnc3[nH]ccc3c21. The predicted octanol–water partition coefficient (Wildman–Crippen LogP) is 2.69. The molecule has 0 saturated heterocycles. The minimum absolute atomic E-state index is 0.146. The number of carbonyl (C=O) groups excluding carboxylic acids is 1. The zero-order chi connectivity index (χ0) is 15.8. The number of fused-ring (bicyclic) bond motifs is 3. The van der Waals surface area contributed by atoms with Gasteiger partial charge in [0, 0.05) is 36.7 Å². The number of pyridine rings is 1. The van der Waals surface area contributed by atoms with Crippen molar-refractivity contribution in [2.45, 2.75) is 25.7 Å². The fraction of sp³-hybridized carbons (Fsp3) is 0.353. The van der Waals surface area contributed by atoms with Crippen molar-refractivity contribution in [1.82, 2.24) is 24.8 Å². The van der Waals surface area contributed by atoms with Gasteiger partial charge in [-0.25, -0.2) is 9.97 Å². The molecule has 0 spiro atoms. The summed E-state index contributed by atoms with van der Waals surface area (Å²) in [5.41, 5.74) is 3.60. The highest BCUT2D eigenvalue weighted by molar-refractivity contribution is 6.02. The number of aromatic amines is 1. The second-order valence-electron chi connectivity index (χ2n) is 6.16. The van der Waals surface area contributed by atoms with Gasteiger partial charge in [-0.15, -0.1) is 0 Å². The van der Waals surface area contributed by atoms with Crippen LogP contribution in [0.3, 0.4) is 0 Å². The monoisotopic (exact) mass is 309 g/mol. The fourth-order valence-electron chi connectivity index (χ4n) is 2.87. The number of amides is 1. The van der Waals surface area contributed by atoms with Crippen LogP contribution in [-0.2, 0) is 4.79 Å². The first-order valence-electron chi connectivity index (χ1n) is 7.96. The Balaban J connectivity index is 1.48. The molecule has 3 heterocycles. The maximum Gasteiger partial charge on any atom is 0.220 e. The van der Waals surface area contributed by atoms with Crippen LogP contribution in [0.25, 0.3) is 27.8 Å². The number of hydrogen-bond donors (Lipinski definition) is 2. The van der Waals surface area contributed by atoms with Crippen LogP contribution in [-0.4, -0.2) is 32.0 Å². The second-order valence-corrected chi connectivity index (χ2v) is 6.16. The molecule has 1 saturated carbocycles. The Kier molecular flexibility index (Phi) is 3.37. The summed E-state index contributed by atoms with van der Waals surface area (Å²) in [5.74, 6) is 0.762. The van der Waals surface area contributed by atoms with E-state index in [1.165, 1.54) is 12.8 Å². The van der Waals surface area contributed by atoms with E-state index in [-0.39, 0.29) is 5.91 Å². The van der Waals surface area contributed by atoms with Crippen molar-refractivity contribution in [3.05, 3.63) is 31.4 Å². The number of nitrogens with zero attached hydrogens (tertiary/aromatic N) is 3. The topological polar surface area (TPSA) is 75.6 Å². The molecule has 1 fully saturated rings. The summed E-state index contributed by atoms with van der Waals surface area (Å²) >= 11 is 0. The van der Waals surface area contributed by atoms with Gasteiger partial charge in [0.05, 0.1) is 11.7 Å². The molecule has 6 heteroatoms. The molecule has 23 heavy (non-hydrogen) atoms. The molecule has 3 aromatic rings. The lowest BCUT2D eigenvalue weighted by atomic mass is 10.2. The molecule has 6 nitrogen and oxygen atoms in total. The van der Waals surface area contributed by atoms with Gasteiger partial charge >= 0.3 is 0 Å². The van der Waals surface area contributed by atoms with Crippen LogP contribution in [0, 0.1) is 5.92 Å². The normalized spacial score (nSPS) is 14.4. The third-order valence-corrected chi connectivity index (χ3v) is 4.34. The van der Waals surface area contributed by atoms with Gasteiger partial charge in [-0.2, -0.15) is 0 Å². The summed E-state index contributed by atoms with van der Waals surface area (Å²) in [6.07, 6.45) is 9.15.